The molecule has 0 bridgehead atoms. The molecular weight excluding hydrogens is 322 g/mol. The molecular formula is C15H20ClN3O2S. The monoisotopic (exact) mass is 341 g/mol. The van der Waals surface area contributed by atoms with Gasteiger partial charge in [0.1, 0.15) is 0 Å². The summed E-state index contributed by atoms with van der Waals surface area (Å²) in [6, 6.07) is 3.62. The standard InChI is InChI=1S/C15H20ClN3O2S/c1-15(2,3)18-14(22)19-17-9-10-7-11(16)13-12(8-10)20-5-4-6-21-13/h7-9H,4-6H2,1-3H3,(H2,18,19,22)/b17-9-. The van der Waals surface area contributed by atoms with Gasteiger partial charge in [-0.2, -0.15) is 5.10 Å². The highest BCUT2D eigenvalue weighted by atomic mass is 35.5. The smallest absolute Gasteiger partial charge is 0.187 e. The van der Waals surface area contributed by atoms with Gasteiger partial charge in [-0.3, -0.25) is 5.43 Å². The third-order valence-electron chi connectivity index (χ3n) is 2.69. The van der Waals surface area contributed by atoms with Crippen LogP contribution in [0.5, 0.6) is 11.5 Å². The molecule has 120 valence electrons. The van der Waals surface area contributed by atoms with Crippen LogP contribution in [0.4, 0.5) is 0 Å². The zero-order chi connectivity index (χ0) is 16.2. The van der Waals surface area contributed by atoms with Gasteiger partial charge >= 0.3 is 0 Å². The molecule has 0 amide bonds. The molecule has 0 atom stereocenters. The van der Waals surface area contributed by atoms with Crippen LogP contribution >= 0.6 is 23.8 Å². The van der Waals surface area contributed by atoms with E-state index in [1.165, 1.54) is 0 Å². The number of fused-ring (bicyclic) bond motifs is 1. The number of hydrazone groups is 1. The van der Waals surface area contributed by atoms with Crippen LogP contribution in [0.25, 0.3) is 0 Å². The number of halogens is 1. The van der Waals surface area contributed by atoms with E-state index < -0.39 is 0 Å². The second-order valence-electron chi connectivity index (χ2n) is 5.95. The first-order valence-electron chi connectivity index (χ1n) is 7.05. The second-order valence-corrected chi connectivity index (χ2v) is 6.77. The number of nitrogens with zero attached hydrogens (tertiary/aromatic N) is 1. The van der Waals surface area contributed by atoms with E-state index in [0.29, 0.717) is 34.8 Å². The fourth-order valence-corrected chi connectivity index (χ4v) is 2.49. The Morgan fingerprint density at radius 2 is 2.05 bits per heavy atom. The van der Waals surface area contributed by atoms with Crippen LogP contribution in [0.3, 0.4) is 0 Å². The number of benzene rings is 1. The van der Waals surface area contributed by atoms with Crippen molar-refractivity contribution in [3.63, 3.8) is 0 Å². The van der Waals surface area contributed by atoms with Gasteiger partial charge in [0.2, 0.25) is 0 Å². The Labute approximate surface area is 141 Å². The maximum atomic E-state index is 6.22. The number of nitrogens with one attached hydrogen (secondary N) is 2. The van der Waals surface area contributed by atoms with Crippen LogP contribution in [0.15, 0.2) is 17.2 Å². The third kappa shape index (κ3) is 5.03. The van der Waals surface area contributed by atoms with Crippen LogP contribution in [-0.4, -0.2) is 30.1 Å². The van der Waals surface area contributed by atoms with Gasteiger partial charge in [-0.25, -0.2) is 0 Å². The van der Waals surface area contributed by atoms with Crippen molar-refractivity contribution in [3.8, 4) is 11.5 Å². The van der Waals surface area contributed by atoms with Gasteiger partial charge in [-0.1, -0.05) is 11.6 Å². The first-order chi connectivity index (χ1) is 10.3. The molecule has 1 aliphatic heterocycles. The Morgan fingerprint density at radius 3 is 2.77 bits per heavy atom. The number of rotatable bonds is 2. The van der Waals surface area contributed by atoms with Gasteiger partial charge in [-0.05, 0) is 50.7 Å². The Kier molecular flexibility index (Phi) is 5.47. The molecule has 1 aromatic rings. The molecule has 0 radical (unpaired) electrons. The Hall–Kier alpha value is -1.53. The van der Waals surface area contributed by atoms with Gasteiger partial charge < -0.3 is 14.8 Å². The van der Waals surface area contributed by atoms with E-state index in [0.717, 1.165) is 12.0 Å². The zero-order valence-corrected chi connectivity index (χ0v) is 14.5. The first-order valence-corrected chi connectivity index (χ1v) is 7.84. The summed E-state index contributed by atoms with van der Waals surface area (Å²) in [5.74, 6) is 1.23. The van der Waals surface area contributed by atoms with Gasteiger partial charge in [0, 0.05) is 12.0 Å². The normalized spacial score (nSPS) is 14.5. The van der Waals surface area contributed by atoms with Crippen LogP contribution in [0.2, 0.25) is 5.02 Å². The lowest BCUT2D eigenvalue weighted by Gasteiger charge is -2.21. The summed E-state index contributed by atoms with van der Waals surface area (Å²) in [5, 5.41) is 8.19. The van der Waals surface area contributed by atoms with E-state index in [1.807, 2.05) is 26.8 Å². The van der Waals surface area contributed by atoms with E-state index in [4.69, 9.17) is 33.3 Å². The first kappa shape index (κ1) is 16.8. The molecule has 5 nitrogen and oxygen atoms in total. The highest BCUT2D eigenvalue weighted by Crippen LogP contribution is 2.37. The lowest BCUT2D eigenvalue weighted by atomic mass is 10.1. The minimum Gasteiger partial charge on any atom is -0.489 e. The maximum absolute atomic E-state index is 6.22. The van der Waals surface area contributed by atoms with Crippen LogP contribution in [-0.2, 0) is 0 Å². The van der Waals surface area contributed by atoms with Crippen LogP contribution < -0.4 is 20.2 Å². The molecule has 7 heteroatoms. The van der Waals surface area contributed by atoms with Crippen molar-refractivity contribution in [2.45, 2.75) is 32.7 Å². The minimum atomic E-state index is -0.113. The van der Waals surface area contributed by atoms with Crippen molar-refractivity contribution < 1.29 is 9.47 Å². The molecule has 0 spiro atoms. The van der Waals surface area contributed by atoms with E-state index in [-0.39, 0.29) is 5.54 Å². The number of thiocarbonyl (C=S) groups is 1. The van der Waals surface area contributed by atoms with Gasteiger partial charge in [0.05, 0.1) is 24.5 Å². The van der Waals surface area contributed by atoms with Crippen molar-refractivity contribution in [3.05, 3.63) is 22.7 Å². The molecule has 0 saturated carbocycles. The van der Waals surface area contributed by atoms with E-state index in [2.05, 4.69) is 15.8 Å². The molecule has 1 heterocycles. The molecule has 0 aromatic heterocycles. The topological polar surface area (TPSA) is 54.9 Å². The fourth-order valence-electron chi connectivity index (χ4n) is 1.86. The number of ether oxygens (including phenoxy) is 2. The number of hydrogen-bond acceptors (Lipinski definition) is 4. The maximum Gasteiger partial charge on any atom is 0.187 e. The molecule has 0 fully saturated rings. The van der Waals surface area contributed by atoms with Crippen molar-refractivity contribution >= 4 is 35.1 Å². The third-order valence-corrected chi connectivity index (χ3v) is 3.17. The van der Waals surface area contributed by atoms with E-state index in [9.17, 15) is 0 Å². The summed E-state index contributed by atoms with van der Waals surface area (Å²) in [6.45, 7) is 7.28. The predicted octanol–water partition coefficient (Wildman–Crippen LogP) is 3.10. The molecule has 2 rings (SSSR count). The molecule has 1 aliphatic rings. The summed E-state index contributed by atoms with van der Waals surface area (Å²) < 4.78 is 11.2. The largest absolute Gasteiger partial charge is 0.489 e. The Balaban J connectivity index is 2.04. The molecule has 22 heavy (non-hydrogen) atoms. The molecule has 2 N–H and O–H groups in total. The number of hydrogen-bond donors (Lipinski definition) is 2. The predicted molar refractivity (Wildman–Crippen MR) is 93.3 cm³/mol. The van der Waals surface area contributed by atoms with Gasteiger partial charge in [-0.15, -0.1) is 0 Å². The van der Waals surface area contributed by atoms with Crippen molar-refractivity contribution in [1.29, 1.82) is 0 Å². The van der Waals surface area contributed by atoms with Crippen molar-refractivity contribution in [1.82, 2.24) is 10.7 Å². The lowest BCUT2D eigenvalue weighted by Crippen LogP contribution is -2.44. The SMILES string of the molecule is CC(C)(C)NC(=S)N/N=C\c1cc(Cl)c2c(c1)OCCCO2. The van der Waals surface area contributed by atoms with Crippen LogP contribution in [0, 0.1) is 0 Å². The fraction of sp³-hybridized carbons (Fsp3) is 0.467. The summed E-state index contributed by atoms with van der Waals surface area (Å²) >= 11 is 11.4. The van der Waals surface area contributed by atoms with Crippen molar-refractivity contribution in [2.75, 3.05) is 13.2 Å². The van der Waals surface area contributed by atoms with Gasteiger partial charge in [0.25, 0.3) is 0 Å². The van der Waals surface area contributed by atoms with E-state index in [1.54, 1.807) is 12.3 Å². The average molecular weight is 342 g/mol. The molecule has 0 saturated heterocycles. The summed E-state index contributed by atoms with van der Waals surface area (Å²) in [4.78, 5) is 0. The summed E-state index contributed by atoms with van der Waals surface area (Å²) in [6.07, 6.45) is 2.47. The quantitative estimate of drug-likeness (QED) is 0.492. The minimum absolute atomic E-state index is 0.113. The average Bonchev–Trinajstić information content (AvgIpc) is 2.62. The zero-order valence-electron chi connectivity index (χ0n) is 12.9. The van der Waals surface area contributed by atoms with Crippen LogP contribution in [0.1, 0.15) is 32.8 Å². The Morgan fingerprint density at radius 1 is 1.32 bits per heavy atom. The highest BCUT2D eigenvalue weighted by Gasteiger charge is 2.15. The lowest BCUT2D eigenvalue weighted by molar-refractivity contribution is 0.297. The summed E-state index contributed by atoms with van der Waals surface area (Å²) in [7, 11) is 0. The molecule has 0 unspecified atom stereocenters. The van der Waals surface area contributed by atoms with E-state index >= 15 is 0 Å². The molecule has 1 aromatic carbocycles. The second kappa shape index (κ2) is 7.15. The van der Waals surface area contributed by atoms with Gasteiger partial charge in [0.15, 0.2) is 16.6 Å². The summed E-state index contributed by atoms with van der Waals surface area (Å²) in [5.41, 5.74) is 3.47. The Bertz CT molecular complexity index is 585. The molecule has 0 aliphatic carbocycles. The van der Waals surface area contributed by atoms with Crippen molar-refractivity contribution in [2.24, 2.45) is 5.10 Å². The highest BCUT2D eigenvalue weighted by molar-refractivity contribution is 7.80.